The van der Waals surface area contributed by atoms with E-state index in [4.69, 9.17) is 4.74 Å². The van der Waals surface area contributed by atoms with E-state index in [2.05, 4.69) is 12.1 Å². The fourth-order valence-electron chi connectivity index (χ4n) is 3.93. The average Bonchev–Trinajstić information content (AvgIpc) is 3.10. The molecule has 0 radical (unpaired) electrons. The van der Waals surface area contributed by atoms with Crippen LogP contribution in [0, 0.1) is 0 Å². The number of nitrogens with zero attached hydrogens (tertiary/aromatic N) is 2. The van der Waals surface area contributed by atoms with Gasteiger partial charge in [-0.15, -0.1) is 0 Å². The maximum atomic E-state index is 13.0. The molecule has 0 aliphatic carbocycles. The molecule has 0 aromatic heterocycles. The molecule has 3 aromatic carbocycles. The Balaban J connectivity index is 1.42. The number of amides is 2. The zero-order chi connectivity index (χ0) is 21.6. The van der Waals surface area contributed by atoms with Gasteiger partial charge >= 0.3 is 0 Å². The Labute approximate surface area is 182 Å². The third-order valence-electron chi connectivity index (χ3n) is 5.65. The minimum atomic E-state index is -0.0565. The quantitative estimate of drug-likeness (QED) is 0.638. The molecule has 5 nitrogen and oxygen atoms in total. The molecule has 1 heterocycles. The molecular formula is C26H26N2O3. The van der Waals surface area contributed by atoms with E-state index in [0.717, 1.165) is 17.5 Å². The number of carbonyl (C=O) groups is 2. The Morgan fingerprint density at radius 2 is 1.26 bits per heavy atom. The van der Waals surface area contributed by atoms with Gasteiger partial charge in [0.2, 0.25) is 0 Å². The van der Waals surface area contributed by atoms with Crippen LogP contribution in [0.15, 0.2) is 78.9 Å². The summed E-state index contributed by atoms with van der Waals surface area (Å²) in [4.78, 5) is 29.7. The molecule has 0 N–H and O–H groups in total. The molecule has 31 heavy (non-hydrogen) atoms. The number of hydrogen-bond donors (Lipinski definition) is 0. The highest BCUT2D eigenvalue weighted by Crippen LogP contribution is 2.22. The summed E-state index contributed by atoms with van der Waals surface area (Å²) in [6.45, 7) is 2.27. The van der Waals surface area contributed by atoms with Crippen LogP contribution >= 0.6 is 0 Å². The summed E-state index contributed by atoms with van der Waals surface area (Å²) < 4.78 is 5.34. The SMILES string of the molecule is COc1ccccc1C(=O)N1CCCN(C(=O)c2ccc(-c3ccccc3)cc2)CC1. The lowest BCUT2D eigenvalue weighted by Crippen LogP contribution is -2.37. The van der Waals surface area contributed by atoms with Crippen molar-refractivity contribution in [1.29, 1.82) is 0 Å². The minimum Gasteiger partial charge on any atom is -0.496 e. The first-order valence-corrected chi connectivity index (χ1v) is 10.5. The van der Waals surface area contributed by atoms with Crippen molar-refractivity contribution in [2.75, 3.05) is 33.3 Å². The smallest absolute Gasteiger partial charge is 0.257 e. The molecule has 1 aliphatic heterocycles. The number of methoxy groups -OCH3 is 1. The van der Waals surface area contributed by atoms with E-state index in [-0.39, 0.29) is 11.8 Å². The second-order valence-electron chi connectivity index (χ2n) is 7.58. The Hall–Kier alpha value is -3.60. The van der Waals surface area contributed by atoms with Crippen LogP contribution in [0.2, 0.25) is 0 Å². The van der Waals surface area contributed by atoms with Crippen LogP contribution in [-0.2, 0) is 0 Å². The van der Waals surface area contributed by atoms with E-state index < -0.39 is 0 Å². The van der Waals surface area contributed by atoms with E-state index in [1.165, 1.54) is 0 Å². The van der Waals surface area contributed by atoms with Gasteiger partial charge in [0, 0.05) is 31.7 Å². The van der Waals surface area contributed by atoms with Gasteiger partial charge in [-0.3, -0.25) is 9.59 Å². The Morgan fingerprint density at radius 1 is 0.677 bits per heavy atom. The maximum Gasteiger partial charge on any atom is 0.257 e. The van der Waals surface area contributed by atoms with Crippen LogP contribution in [0.25, 0.3) is 11.1 Å². The van der Waals surface area contributed by atoms with Crippen molar-refractivity contribution in [2.24, 2.45) is 0 Å². The highest BCUT2D eigenvalue weighted by molar-refractivity contribution is 5.97. The van der Waals surface area contributed by atoms with Crippen LogP contribution < -0.4 is 4.74 Å². The molecule has 0 saturated carbocycles. The summed E-state index contributed by atoms with van der Waals surface area (Å²) in [5, 5.41) is 0. The molecule has 1 saturated heterocycles. The molecule has 3 aromatic rings. The van der Waals surface area contributed by atoms with Crippen molar-refractivity contribution in [2.45, 2.75) is 6.42 Å². The minimum absolute atomic E-state index is 0.00574. The molecule has 2 amide bonds. The first kappa shape index (κ1) is 20.7. The third-order valence-corrected chi connectivity index (χ3v) is 5.65. The maximum absolute atomic E-state index is 13.0. The van der Waals surface area contributed by atoms with Gasteiger partial charge in [-0.25, -0.2) is 0 Å². The first-order valence-electron chi connectivity index (χ1n) is 10.5. The molecule has 158 valence electrons. The van der Waals surface area contributed by atoms with E-state index in [0.29, 0.717) is 43.1 Å². The number of benzene rings is 3. The number of para-hydroxylation sites is 1. The van der Waals surface area contributed by atoms with Gasteiger partial charge in [0.05, 0.1) is 12.7 Å². The predicted octanol–water partition coefficient (Wildman–Crippen LogP) is 4.35. The van der Waals surface area contributed by atoms with Gasteiger partial charge in [0.25, 0.3) is 11.8 Å². The molecule has 0 unspecified atom stereocenters. The summed E-state index contributed by atoms with van der Waals surface area (Å²) in [7, 11) is 1.57. The van der Waals surface area contributed by atoms with E-state index in [1.807, 2.05) is 64.4 Å². The summed E-state index contributed by atoms with van der Waals surface area (Å²) in [5.41, 5.74) is 3.44. The number of rotatable bonds is 4. The van der Waals surface area contributed by atoms with E-state index >= 15 is 0 Å². The zero-order valence-corrected chi connectivity index (χ0v) is 17.7. The molecule has 1 fully saturated rings. The van der Waals surface area contributed by atoms with Crippen molar-refractivity contribution < 1.29 is 14.3 Å². The predicted molar refractivity (Wildman–Crippen MR) is 121 cm³/mol. The topological polar surface area (TPSA) is 49.9 Å². The number of ether oxygens (including phenoxy) is 1. The Kier molecular flexibility index (Phi) is 6.32. The molecule has 0 bridgehead atoms. The first-order chi connectivity index (χ1) is 15.2. The third kappa shape index (κ3) is 4.61. The van der Waals surface area contributed by atoms with Crippen LogP contribution in [0.1, 0.15) is 27.1 Å². The van der Waals surface area contributed by atoms with Crippen LogP contribution in [0.5, 0.6) is 5.75 Å². The molecule has 5 heteroatoms. The summed E-state index contributed by atoms with van der Waals surface area (Å²) in [6, 6.07) is 25.1. The van der Waals surface area contributed by atoms with Crippen molar-refractivity contribution in [3.8, 4) is 16.9 Å². The highest BCUT2D eigenvalue weighted by Gasteiger charge is 2.25. The monoisotopic (exact) mass is 414 g/mol. The van der Waals surface area contributed by atoms with Gasteiger partial charge in [-0.2, -0.15) is 0 Å². The fraction of sp³-hybridized carbons (Fsp3) is 0.231. The van der Waals surface area contributed by atoms with Crippen LogP contribution in [0.4, 0.5) is 0 Å². The van der Waals surface area contributed by atoms with Gasteiger partial charge in [0.15, 0.2) is 0 Å². The van der Waals surface area contributed by atoms with Gasteiger partial charge in [-0.05, 0) is 41.8 Å². The van der Waals surface area contributed by atoms with Gasteiger partial charge in [-0.1, -0.05) is 54.6 Å². The van der Waals surface area contributed by atoms with E-state index in [9.17, 15) is 9.59 Å². The van der Waals surface area contributed by atoms with E-state index in [1.54, 1.807) is 19.2 Å². The van der Waals surface area contributed by atoms with Crippen molar-refractivity contribution in [3.05, 3.63) is 90.0 Å². The lowest BCUT2D eigenvalue weighted by molar-refractivity contribution is 0.0717. The fourth-order valence-corrected chi connectivity index (χ4v) is 3.93. The normalized spacial score (nSPS) is 14.1. The molecule has 1 aliphatic rings. The van der Waals surface area contributed by atoms with Gasteiger partial charge < -0.3 is 14.5 Å². The largest absolute Gasteiger partial charge is 0.496 e. The van der Waals surface area contributed by atoms with Crippen molar-refractivity contribution >= 4 is 11.8 Å². The lowest BCUT2D eigenvalue weighted by atomic mass is 10.0. The number of carbonyl (C=O) groups excluding carboxylic acids is 2. The highest BCUT2D eigenvalue weighted by atomic mass is 16.5. The number of hydrogen-bond acceptors (Lipinski definition) is 3. The van der Waals surface area contributed by atoms with Crippen molar-refractivity contribution in [1.82, 2.24) is 9.80 Å². The molecule has 0 spiro atoms. The molecule has 4 rings (SSSR count). The van der Waals surface area contributed by atoms with Crippen LogP contribution in [0.3, 0.4) is 0 Å². The average molecular weight is 415 g/mol. The van der Waals surface area contributed by atoms with Crippen LogP contribution in [-0.4, -0.2) is 54.9 Å². The Bertz CT molecular complexity index is 1050. The molecular weight excluding hydrogens is 388 g/mol. The molecule has 0 atom stereocenters. The second kappa shape index (κ2) is 9.47. The summed E-state index contributed by atoms with van der Waals surface area (Å²) >= 11 is 0. The lowest BCUT2D eigenvalue weighted by Gasteiger charge is -2.23. The van der Waals surface area contributed by atoms with Gasteiger partial charge in [0.1, 0.15) is 5.75 Å². The van der Waals surface area contributed by atoms with Crippen molar-refractivity contribution in [3.63, 3.8) is 0 Å². The second-order valence-corrected chi connectivity index (χ2v) is 7.58. The zero-order valence-electron chi connectivity index (χ0n) is 17.7. The summed E-state index contributed by atoms with van der Waals surface area (Å²) in [6.07, 6.45) is 0.745. The Morgan fingerprint density at radius 3 is 1.94 bits per heavy atom. The standard InChI is InChI=1S/C26H26N2O3/c1-31-24-11-6-5-10-23(24)26(30)28-17-7-16-27(18-19-28)25(29)22-14-12-21(13-15-22)20-8-3-2-4-9-20/h2-6,8-15H,7,16-19H2,1H3. The summed E-state index contributed by atoms with van der Waals surface area (Å²) in [5.74, 6) is 0.522.